The van der Waals surface area contributed by atoms with E-state index in [9.17, 15) is 9.59 Å². The van der Waals surface area contributed by atoms with Crippen molar-refractivity contribution in [3.8, 4) is 5.75 Å². The molecular formula is C22H26Cl2N2O3. The van der Waals surface area contributed by atoms with Gasteiger partial charge in [0.2, 0.25) is 5.91 Å². The maximum Gasteiger partial charge on any atom is 0.261 e. The molecule has 0 bridgehead atoms. The van der Waals surface area contributed by atoms with Gasteiger partial charge in [-0.3, -0.25) is 9.59 Å². The number of amides is 2. The van der Waals surface area contributed by atoms with Crippen molar-refractivity contribution < 1.29 is 14.3 Å². The number of hydrogen-bond acceptors (Lipinski definition) is 3. The van der Waals surface area contributed by atoms with Crippen LogP contribution in [0, 0.1) is 13.8 Å². The molecule has 156 valence electrons. The highest BCUT2D eigenvalue weighted by Gasteiger charge is 2.26. The molecule has 0 fully saturated rings. The van der Waals surface area contributed by atoms with Crippen LogP contribution in [0.4, 0.5) is 0 Å². The van der Waals surface area contributed by atoms with Crippen LogP contribution in [-0.4, -0.2) is 35.9 Å². The molecule has 0 saturated heterocycles. The average Bonchev–Trinajstić information content (AvgIpc) is 2.69. The summed E-state index contributed by atoms with van der Waals surface area (Å²) in [6, 6.07) is 10.1. The van der Waals surface area contributed by atoms with Crippen molar-refractivity contribution in [2.75, 3.05) is 13.2 Å². The Hall–Kier alpha value is -2.24. The van der Waals surface area contributed by atoms with Gasteiger partial charge in [-0.2, -0.15) is 0 Å². The molecule has 0 spiro atoms. The van der Waals surface area contributed by atoms with Gasteiger partial charge in [0.15, 0.2) is 6.61 Å². The smallest absolute Gasteiger partial charge is 0.261 e. The minimum atomic E-state index is -0.666. The highest BCUT2D eigenvalue weighted by Crippen LogP contribution is 2.24. The lowest BCUT2D eigenvalue weighted by atomic mass is 10.1. The third-order valence-corrected chi connectivity index (χ3v) is 5.43. The topological polar surface area (TPSA) is 58.6 Å². The highest BCUT2D eigenvalue weighted by molar-refractivity contribution is 6.42. The lowest BCUT2D eigenvalue weighted by molar-refractivity contribution is -0.142. The summed E-state index contributed by atoms with van der Waals surface area (Å²) in [5.41, 5.74) is 3.00. The maximum atomic E-state index is 12.9. The summed E-state index contributed by atoms with van der Waals surface area (Å²) < 4.78 is 5.68. The number of halogens is 2. The van der Waals surface area contributed by atoms with Crippen molar-refractivity contribution in [1.29, 1.82) is 0 Å². The number of aryl methyl sites for hydroxylation is 2. The Morgan fingerprint density at radius 1 is 1.07 bits per heavy atom. The second kappa shape index (κ2) is 10.5. The van der Waals surface area contributed by atoms with E-state index in [1.54, 1.807) is 25.1 Å². The molecule has 29 heavy (non-hydrogen) atoms. The molecule has 2 aromatic rings. The first-order chi connectivity index (χ1) is 13.7. The molecule has 0 radical (unpaired) electrons. The summed E-state index contributed by atoms with van der Waals surface area (Å²) in [6.45, 7) is 8.04. The normalized spacial score (nSPS) is 11.7. The van der Waals surface area contributed by atoms with Gasteiger partial charge in [-0.05, 0) is 68.7 Å². The number of carbonyl (C=O) groups is 2. The summed E-state index contributed by atoms with van der Waals surface area (Å²) in [5.74, 6) is 0.0849. The fraction of sp³-hybridized carbons (Fsp3) is 0.364. The van der Waals surface area contributed by atoms with E-state index in [0.29, 0.717) is 22.3 Å². The van der Waals surface area contributed by atoms with Crippen molar-refractivity contribution in [2.24, 2.45) is 0 Å². The van der Waals surface area contributed by atoms with Crippen LogP contribution in [0.5, 0.6) is 5.75 Å². The largest absolute Gasteiger partial charge is 0.484 e. The van der Waals surface area contributed by atoms with E-state index in [1.165, 1.54) is 4.90 Å². The van der Waals surface area contributed by atoms with Gasteiger partial charge in [0.05, 0.1) is 10.0 Å². The van der Waals surface area contributed by atoms with E-state index in [-0.39, 0.29) is 25.0 Å². The number of carbonyl (C=O) groups excluding carboxylic acids is 2. The Labute approximate surface area is 181 Å². The molecule has 7 heteroatoms. The van der Waals surface area contributed by atoms with Crippen LogP contribution in [-0.2, 0) is 16.1 Å². The first-order valence-electron chi connectivity index (χ1n) is 9.44. The predicted molar refractivity (Wildman–Crippen MR) is 117 cm³/mol. The molecule has 0 aromatic heterocycles. The second-order valence-electron chi connectivity index (χ2n) is 6.88. The number of ether oxygens (including phenoxy) is 1. The molecule has 2 rings (SSSR count). The minimum absolute atomic E-state index is 0.173. The average molecular weight is 437 g/mol. The maximum absolute atomic E-state index is 12.9. The van der Waals surface area contributed by atoms with Crippen LogP contribution in [0.15, 0.2) is 36.4 Å². The molecule has 0 heterocycles. The molecule has 0 aliphatic heterocycles. The van der Waals surface area contributed by atoms with Crippen LogP contribution >= 0.6 is 23.2 Å². The van der Waals surface area contributed by atoms with Gasteiger partial charge >= 0.3 is 0 Å². The molecule has 1 N–H and O–H groups in total. The predicted octanol–water partition coefficient (Wildman–Crippen LogP) is 4.54. The van der Waals surface area contributed by atoms with Crippen molar-refractivity contribution in [2.45, 2.75) is 40.3 Å². The van der Waals surface area contributed by atoms with Gasteiger partial charge < -0.3 is 15.0 Å². The number of rotatable bonds is 8. The Balaban J connectivity index is 2.17. The minimum Gasteiger partial charge on any atom is -0.484 e. The Morgan fingerprint density at radius 3 is 2.41 bits per heavy atom. The zero-order valence-corrected chi connectivity index (χ0v) is 18.6. The number of hydrogen-bond donors (Lipinski definition) is 1. The van der Waals surface area contributed by atoms with Crippen LogP contribution in [0.25, 0.3) is 0 Å². The lowest BCUT2D eigenvalue weighted by Gasteiger charge is -2.28. The van der Waals surface area contributed by atoms with Gasteiger partial charge in [0.25, 0.3) is 5.91 Å². The van der Waals surface area contributed by atoms with Crippen LogP contribution in [0.1, 0.15) is 30.5 Å². The van der Waals surface area contributed by atoms with Gasteiger partial charge in [-0.25, -0.2) is 0 Å². The molecule has 2 aromatic carbocycles. The zero-order chi connectivity index (χ0) is 21.6. The lowest BCUT2D eigenvalue weighted by Crippen LogP contribution is -2.49. The van der Waals surface area contributed by atoms with Gasteiger partial charge in [0, 0.05) is 13.1 Å². The Bertz CT molecular complexity index is 886. The monoisotopic (exact) mass is 436 g/mol. The number of benzene rings is 2. The number of nitrogens with one attached hydrogen (secondary N) is 1. The molecule has 1 atom stereocenters. The van der Waals surface area contributed by atoms with E-state index >= 15 is 0 Å². The SMILES string of the molecule is CCNC(=O)[C@H](C)N(Cc1ccc(Cl)c(Cl)c1)C(=O)COc1ccc(C)c(C)c1. The van der Waals surface area contributed by atoms with Gasteiger partial charge in [-0.15, -0.1) is 0 Å². The zero-order valence-electron chi connectivity index (χ0n) is 17.1. The van der Waals surface area contributed by atoms with Crippen molar-refractivity contribution in [3.05, 3.63) is 63.1 Å². The molecule has 5 nitrogen and oxygen atoms in total. The first-order valence-corrected chi connectivity index (χ1v) is 10.2. The van der Waals surface area contributed by atoms with Crippen LogP contribution < -0.4 is 10.1 Å². The highest BCUT2D eigenvalue weighted by atomic mass is 35.5. The fourth-order valence-corrected chi connectivity index (χ4v) is 3.09. The van der Waals surface area contributed by atoms with Gasteiger partial charge in [0.1, 0.15) is 11.8 Å². The van der Waals surface area contributed by atoms with Crippen LogP contribution in [0.3, 0.4) is 0 Å². The third kappa shape index (κ3) is 6.38. The summed E-state index contributed by atoms with van der Waals surface area (Å²) in [7, 11) is 0. The number of nitrogens with zero attached hydrogens (tertiary/aromatic N) is 1. The Morgan fingerprint density at radius 2 is 1.79 bits per heavy atom. The summed E-state index contributed by atoms with van der Waals surface area (Å²) >= 11 is 12.1. The first kappa shape index (κ1) is 23.0. The van der Waals surface area contributed by atoms with Crippen LogP contribution in [0.2, 0.25) is 10.0 Å². The van der Waals surface area contributed by atoms with Crippen molar-refractivity contribution in [3.63, 3.8) is 0 Å². The van der Waals surface area contributed by atoms with E-state index in [2.05, 4.69) is 5.32 Å². The molecule has 0 aliphatic carbocycles. The van der Waals surface area contributed by atoms with E-state index < -0.39 is 6.04 Å². The van der Waals surface area contributed by atoms with Crippen molar-refractivity contribution >= 4 is 35.0 Å². The molecule has 0 saturated carbocycles. The van der Waals surface area contributed by atoms with E-state index in [0.717, 1.165) is 16.7 Å². The molecular weight excluding hydrogens is 411 g/mol. The number of likely N-dealkylation sites (N-methyl/N-ethyl adjacent to an activating group) is 1. The second-order valence-corrected chi connectivity index (χ2v) is 7.69. The van der Waals surface area contributed by atoms with E-state index in [4.69, 9.17) is 27.9 Å². The van der Waals surface area contributed by atoms with E-state index in [1.807, 2.05) is 39.0 Å². The summed E-state index contributed by atoms with van der Waals surface area (Å²) in [5, 5.41) is 3.58. The van der Waals surface area contributed by atoms with Crippen molar-refractivity contribution in [1.82, 2.24) is 10.2 Å². The molecule has 0 unspecified atom stereocenters. The fourth-order valence-electron chi connectivity index (χ4n) is 2.77. The Kier molecular flexibility index (Phi) is 8.35. The summed E-state index contributed by atoms with van der Waals surface area (Å²) in [4.78, 5) is 26.8. The standard InChI is InChI=1S/C22H26Cl2N2O3/c1-5-25-22(28)16(4)26(12-17-7-9-19(23)20(24)11-17)21(27)13-29-18-8-6-14(2)15(3)10-18/h6-11,16H,5,12-13H2,1-4H3,(H,25,28)/t16-/m0/s1. The van der Waals surface area contributed by atoms with Gasteiger partial charge in [-0.1, -0.05) is 35.3 Å². The third-order valence-electron chi connectivity index (χ3n) is 4.70. The molecule has 0 aliphatic rings. The quantitative estimate of drug-likeness (QED) is 0.660. The summed E-state index contributed by atoms with van der Waals surface area (Å²) in [6.07, 6.45) is 0. The molecule has 2 amide bonds.